The number of rotatable bonds is 8. The van der Waals surface area contributed by atoms with Gasteiger partial charge in [0.05, 0.1) is 22.9 Å². The third kappa shape index (κ3) is 6.28. The summed E-state index contributed by atoms with van der Waals surface area (Å²) in [6.07, 6.45) is -4.09. The molecule has 1 heterocycles. The van der Waals surface area contributed by atoms with Gasteiger partial charge in [0.25, 0.3) is 0 Å². The van der Waals surface area contributed by atoms with E-state index >= 15 is 0 Å². The van der Waals surface area contributed by atoms with Crippen molar-refractivity contribution in [1.82, 2.24) is 4.90 Å². The van der Waals surface area contributed by atoms with Crippen molar-refractivity contribution in [1.29, 1.82) is 0 Å². The molecule has 0 saturated carbocycles. The topological polar surface area (TPSA) is 95.6 Å². The maximum absolute atomic E-state index is 13.0. The van der Waals surface area contributed by atoms with Crippen molar-refractivity contribution in [2.45, 2.75) is 39.4 Å². The molecule has 2 aromatic carbocycles. The Morgan fingerprint density at radius 2 is 1.82 bits per heavy atom. The lowest BCUT2D eigenvalue weighted by Gasteiger charge is -2.18. The van der Waals surface area contributed by atoms with E-state index < -0.39 is 33.6 Å². The second kappa shape index (κ2) is 10.0. The molecule has 0 spiro atoms. The van der Waals surface area contributed by atoms with Crippen LogP contribution in [-0.4, -0.2) is 37.4 Å². The number of anilines is 2. The minimum Gasteiger partial charge on any atom is -0.338 e. The van der Waals surface area contributed by atoms with E-state index in [0.717, 1.165) is 12.1 Å². The summed E-state index contributed by atoms with van der Waals surface area (Å²) in [5.74, 6) is -1.46. The maximum Gasteiger partial charge on any atom is 0.416 e. The Bertz CT molecular complexity index is 1180. The van der Waals surface area contributed by atoms with Gasteiger partial charge in [-0.2, -0.15) is 13.2 Å². The van der Waals surface area contributed by atoms with E-state index in [2.05, 4.69) is 10.0 Å². The zero-order valence-electron chi connectivity index (χ0n) is 18.8. The summed E-state index contributed by atoms with van der Waals surface area (Å²) in [5.41, 5.74) is 0.814. The fraction of sp³-hybridized carbons (Fsp3) is 0.391. The molecule has 11 heteroatoms. The average Bonchev–Trinajstić information content (AvgIpc) is 3.11. The molecule has 3 rings (SSSR count). The van der Waals surface area contributed by atoms with E-state index in [-0.39, 0.29) is 31.2 Å². The van der Waals surface area contributed by atoms with Crippen molar-refractivity contribution in [2.75, 3.05) is 22.3 Å². The van der Waals surface area contributed by atoms with Crippen LogP contribution in [0.5, 0.6) is 0 Å². The lowest BCUT2D eigenvalue weighted by molar-refractivity contribution is -0.137. The molecule has 1 unspecified atom stereocenters. The zero-order valence-corrected chi connectivity index (χ0v) is 19.6. The van der Waals surface area contributed by atoms with Gasteiger partial charge in [-0.25, -0.2) is 8.42 Å². The van der Waals surface area contributed by atoms with Gasteiger partial charge in [-0.15, -0.1) is 0 Å². The third-order valence-corrected chi connectivity index (χ3v) is 7.02. The number of hydrogen-bond acceptors (Lipinski definition) is 4. The molecule has 7 nitrogen and oxygen atoms in total. The number of hydrogen-bond donors (Lipinski definition) is 2. The van der Waals surface area contributed by atoms with Crippen molar-refractivity contribution in [3.63, 3.8) is 0 Å². The molecular formula is C23H26F3N3O4S. The Balaban J connectivity index is 1.67. The van der Waals surface area contributed by atoms with Crippen molar-refractivity contribution in [2.24, 2.45) is 5.92 Å². The summed E-state index contributed by atoms with van der Waals surface area (Å²) in [6, 6.07) is 9.57. The zero-order chi connectivity index (χ0) is 25.1. The van der Waals surface area contributed by atoms with Crippen molar-refractivity contribution >= 4 is 33.2 Å². The van der Waals surface area contributed by atoms with Crippen LogP contribution in [-0.2, 0) is 32.3 Å². The molecule has 2 N–H and O–H groups in total. The van der Waals surface area contributed by atoms with Crippen molar-refractivity contribution < 1.29 is 31.2 Å². The quantitative estimate of drug-likeness (QED) is 0.573. The van der Waals surface area contributed by atoms with Gasteiger partial charge >= 0.3 is 6.18 Å². The predicted octanol–water partition coefficient (Wildman–Crippen LogP) is 4.15. The smallest absolute Gasteiger partial charge is 0.338 e. The summed E-state index contributed by atoms with van der Waals surface area (Å²) in [4.78, 5) is 26.6. The SMILES string of the molecule is CCCS(=O)(=O)Nc1cccc(NC(=O)C2CC(=O)N(Cc3cccc(C(F)(F)F)c3)C2)c1C. The van der Waals surface area contributed by atoms with E-state index in [4.69, 9.17) is 0 Å². The number of nitrogens with zero attached hydrogens (tertiary/aromatic N) is 1. The third-order valence-electron chi connectivity index (χ3n) is 5.54. The first-order chi connectivity index (χ1) is 15.9. The molecule has 0 bridgehead atoms. The Morgan fingerprint density at radius 1 is 1.15 bits per heavy atom. The predicted molar refractivity (Wildman–Crippen MR) is 122 cm³/mol. The number of carbonyl (C=O) groups is 2. The highest BCUT2D eigenvalue weighted by atomic mass is 32.2. The first-order valence-corrected chi connectivity index (χ1v) is 12.4. The van der Waals surface area contributed by atoms with Crippen LogP contribution >= 0.6 is 0 Å². The molecule has 1 aliphatic rings. The van der Waals surface area contributed by atoms with Gasteiger partial charge in [-0.3, -0.25) is 14.3 Å². The largest absolute Gasteiger partial charge is 0.416 e. The van der Waals surface area contributed by atoms with Crippen molar-refractivity contribution in [3.8, 4) is 0 Å². The Hall–Kier alpha value is -3.08. The molecule has 2 amide bonds. The van der Waals surface area contributed by atoms with Crippen LogP contribution in [0, 0.1) is 12.8 Å². The van der Waals surface area contributed by atoms with E-state index in [1.54, 1.807) is 32.0 Å². The lowest BCUT2D eigenvalue weighted by atomic mass is 10.1. The normalized spacial score (nSPS) is 16.6. The number of halogens is 3. The van der Waals surface area contributed by atoms with Gasteiger partial charge in [0.1, 0.15) is 0 Å². The average molecular weight is 498 g/mol. The number of sulfonamides is 1. The number of alkyl halides is 3. The fourth-order valence-corrected chi connectivity index (χ4v) is 4.97. The highest BCUT2D eigenvalue weighted by Crippen LogP contribution is 2.31. The molecule has 184 valence electrons. The Kier molecular flexibility index (Phi) is 7.54. The van der Waals surface area contributed by atoms with Crippen LogP contribution in [0.25, 0.3) is 0 Å². The molecule has 1 saturated heterocycles. The van der Waals surface area contributed by atoms with E-state index in [1.165, 1.54) is 17.0 Å². The summed E-state index contributed by atoms with van der Waals surface area (Å²) < 4.78 is 65.5. The van der Waals surface area contributed by atoms with Crippen LogP contribution in [0.15, 0.2) is 42.5 Å². The molecule has 2 aromatic rings. The standard InChI is InChI=1S/C23H26F3N3O4S/c1-3-10-34(32,33)28-20-9-5-8-19(15(20)2)27-22(31)17-12-21(30)29(14-17)13-16-6-4-7-18(11-16)23(24,25)26/h4-9,11,17,28H,3,10,12-14H2,1-2H3,(H,27,31). The molecular weight excluding hydrogens is 471 g/mol. The lowest BCUT2D eigenvalue weighted by Crippen LogP contribution is -2.28. The van der Waals surface area contributed by atoms with Gasteiger partial charge in [0, 0.05) is 25.2 Å². The van der Waals surface area contributed by atoms with E-state index in [0.29, 0.717) is 28.9 Å². The summed E-state index contributed by atoms with van der Waals surface area (Å²) in [6.45, 7) is 3.46. The second-order valence-electron chi connectivity index (χ2n) is 8.26. The van der Waals surface area contributed by atoms with E-state index in [9.17, 15) is 31.2 Å². The number of amides is 2. The van der Waals surface area contributed by atoms with E-state index in [1.807, 2.05) is 0 Å². The minimum absolute atomic E-state index is 0.0275. The summed E-state index contributed by atoms with van der Waals surface area (Å²) >= 11 is 0. The van der Waals surface area contributed by atoms with Crippen LogP contribution < -0.4 is 10.0 Å². The van der Waals surface area contributed by atoms with Crippen LogP contribution in [0.4, 0.5) is 24.5 Å². The van der Waals surface area contributed by atoms with Gasteiger partial charge < -0.3 is 10.2 Å². The molecule has 0 aromatic heterocycles. The maximum atomic E-state index is 13.0. The first-order valence-electron chi connectivity index (χ1n) is 10.7. The highest BCUT2D eigenvalue weighted by molar-refractivity contribution is 7.92. The molecule has 1 atom stereocenters. The summed E-state index contributed by atoms with van der Waals surface area (Å²) in [7, 11) is -3.51. The number of likely N-dealkylation sites (tertiary alicyclic amines) is 1. The highest BCUT2D eigenvalue weighted by Gasteiger charge is 2.35. The van der Waals surface area contributed by atoms with Gasteiger partial charge in [-0.1, -0.05) is 25.1 Å². The number of benzene rings is 2. The molecule has 1 aliphatic heterocycles. The van der Waals surface area contributed by atoms with Gasteiger partial charge in [-0.05, 0) is 48.7 Å². The molecule has 1 fully saturated rings. The van der Waals surface area contributed by atoms with Crippen LogP contribution in [0.2, 0.25) is 0 Å². The molecule has 0 radical (unpaired) electrons. The Labute approximate surface area is 196 Å². The van der Waals surface area contributed by atoms with Gasteiger partial charge in [0.2, 0.25) is 21.8 Å². The monoisotopic (exact) mass is 497 g/mol. The fourth-order valence-electron chi connectivity index (χ4n) is 3.77. The number of carbonyl (C=O) groups excluding carboxylic acids is 2. The number of nitrogens with one attached hydrogen (secondary N) is 2. The van der Waals surface area contributed by atoms with Crippen LogP contribution in [0.3, 0.4) is 0 Å². The Morgan fingerprint density at radius 3 is 2.50 bits per heavy atom. The van der Waals surface area contributed by atoms with Crippen LogP contribution in [0.1, 0.15) is 36.5 Å². The molecule has 34 heavy (non-hydrogen) atoms. The molecule has 0 aliphatic carbocycles. The van der Waals surface area contributed by atoms with Crippen molar-refractivity contribution in [3.05, 3.63) is 59.2 Å². The summed E-state index contributed by atoms with van der Waals surface area (Å²) in [5, 5.41) is 2.74. The van der Waals surface area contributed by atoms with Gasteiger partial charge in [0.15, 0.2) is 0 Å². The minimum atomic E-state index is -4.48. The first kappa shape index (κ1) is 25.5. The second-order valence-corrected chi connectivity index (χ2v) is 10.1.